The van der Waals surface area contributed by atoms with Crippen LogP contribution in [0.5, 0.6) is 0 Å². The van der Waals surface area contributed by atoms with Gasteiger partial charge in [0.2, 0.25) is 0 Å². The molecule has 0 aliphatic rings. The Morgan fingerprint density at radius 3 is 2.58 bits per heavy atom. The minimum Gasteiger partial charge on any atom is -0.373 e. The minimum absolute atomic E-state index is 0.308. The Hall–Kier alpha value is -0.340. The maximum absolute atomic E-state index is 5.57. The van der Waals surface area contributed by atoms with Gasteiger partial charge in [-0.25, -0.2) is 0 Å². The van der Waals surface area contributed by atoms with Crippen LogP contribution in [0.3, 0.4) is 0 Å². The molecule has 0 saturated carbocycles. The molecule has 2 heteroatoms. The molecule has 1 N–H and O–H groups in total. The Balaban J connectivity index is 3.61. The third kappa shape index (κ3) is 5.33. The van der Waals surface area contributed by atoms with Gasteiger partial charge in [0, 0.05) is 6.54 Å². The molecule has 0 rings (SSSR count). The lowest BCUT2D eigenvalue weighted by molar-refractivity contribution is 0.0412. The summed E-state index contributed by atoms with van der Waals surface area (Å²) in [5.41, 5.74) is 0. The van der Waals surface area contributed by atoms with Crippen LogP contribution in [0.4, 0.5) is 0 Å². The van der Waals surface area contributed by atoms with Gasteiger partial charge in [-0.2, -0.15) is 0 Å². The molecule has 72 valence electrons. The molecule has 0 heterocycles. The molecule has 1 atom stereocenters. The van der Waals surface area contributed by atoms with Crippen LogP contribution in [0.25, 0.3) is 0 Å². The number of rotatable bonds is 7. The van der Waals surface area contributed by atoms with E-state index in [9.17, 15) is 0 Å². The summed E-state index contributed by atoms with van der Waals surface area (Å²) in [6.07, 6.45) is 2.10. The topological polar surface area (TPSA) is 21.3 Å². The Labute approximate surface area is 76.0 Å². The number of hydrogen-bond acceptors (Lipinski definition) is 2. The van der Waals surface area contributed by atoms with E-state index in [0.29, 0.717) is 18.6 Å². The largest absolute Gasteiger partial charge is 0.373 e. The molecule has 0 aliphatic heterocycles. The maximum atomic E-state index is 5.57. The predicted octanol–water partition coefficient (Wildman–Crippen LogP) is 1.82. The summed E-state index contributed by atoms with van der Waals surface area (Å²) in [7, 11) is 0. The van der Waals surface area contributed by atoms with Crippen molar-refractivity contribution in [1.82, 2.24) is 5.32 Å². The maximum Gasteiger partial charge on any atom is 0.0726 e. The van der Waals surface area contributed by atoms with Gasteiger partial charge in [-0.3, -0.25) is 0 Å². The lowest BCUT2D eigenvalue weighted by Gasteiger charge is -2.20. The first kappa shape index (κ1) is 11.7. The standard InChI is InChI=1S/C10H21NO/c1-5-7-12-10(9(3)4)8-11-6-2/h5,9-11H,1,6-8H2,2-4H3. The molecule has 2 nitrogen and oxygen atoms in total. The van der Waals surface area contributed by atoms with Gasteiger partial charge in [0.05, 0.1) is 12.7 Å². The molecule has 0 radical (unpaired) electrons. The molecular weight excluding hydrogens is 150 g/mol. The van der Waals surface area contributed by atoms with Crippen LogP contribution < -0.4 is 5.32 Å². The van der Waals surface area contributed by atoms with Crippen molar-refractivity contribution in [2.24, 2.45) is 5.92 Å². The molecule has 0 bridgehead atoms. The van der Waals surface area contributed by atoms with E-state index in [4.69, 9.17) is 4.74 Å². The van der Waals surface area contributed by atoms with Crippen molar-refractivity contribution in [1.29, 1.82) is 0 Å². The van der Waals surface area contributed by atoms with Gasteiger partial charge in [0.15, 0.2) is 0 Å². The van der Waals surface area contributed by atoms with Gasteiger partial charge >= 0.3 is 0 Å². The van der Waals surface area contributed by atoms with E-state index in [1.54, 1.807) is 6.08 Å². The number of likely N-dealkylation sites (N-methyl/N-ethyl adjacent to an activating group) is 1. The van der Waals surface area contributed by atoms with Crippen molar-refractivity contribution < 1.29 is 4.74 Å². The van der Waals surface area contributed by atoms with E-state index in [-0.39, 0.29) is 0 Å². The molecule has 0 aromatic carbocycles. The fourth-order valence-electron chi connectivity index (χ4n) is 0.965. The van der Waals surface area contributed by atoms with Crippen molar-refractivity contribution in [3.05, 3.63) is 12.7 Å². The molecule has 0 aromatic rings. The van der Waals surface area contributed by atoms with Crippen molar-refractivity contribution in [2.45, 2.75) is 26.9 Å². The van der Waals surface area contributed by atoms with Crippen LogP contribution in [0.15, 0.2) is 12.7 Å². The fourth-order valence-corrected chi connectivity index (χ4v) is 0.965. The molecule has 0 fully saturated rings. The van der Waals surface area contributed by atoms with Gasteiger partial charge in [0.1, 0.15) is 0 Å². The van der Waals surface area contributed by atoms with Gasteiger partial charge in [-0.1, -0.05) is 26.8 Å². The average Bonchev–Trinajstić information content (AvgIpc) is 2.04. The van der Waals surface area contributed by atoms with E-state index < -0.39 is 0 Å². The molecule has 0 amide bonds. The number of nitrogens with one attached hydrogen (secondary N) is 1. The van der Waals surface area contributed by atoms with Crippen molar-refractivity contribution in [3.63, 3.8) is 0 Å². The molecule has 1 unspecified atom stereocenters. The zero-order chi connectivity index (χ0) is 9.40. The van der Waals surface area contributed by atoms with Crippen molar-refractivity contribution >= 4 is 0 Å². The van der Waals surface area contributed by atoms with Crippen molar-refractivity contribution in [2.75, 3.05) is 19.7 Å². The van der Waals surface area contributed by atoms with Crippen molar-refractivity contribution in [3.8, 4) is 0 Å². The quantitative estimate of drug-likeness (QED) is 0.590. The second kappa shape index (κ2) is 7.32. The molecule has 0 aromatic heterocycles. The van der Waals surface area contributed by atoms with Gasteiger partial charge < -0.3 is 10.1 Å². The van der Waals surface area contributed by atoms with Crippen LogP contribution in [-0.2, 0) is 4.74 Å². The normalized spacial score (nSPS) is 13.3. The molecule has 12 heavy (non-hydrogen) atoms. The zero-order valence-electron chi connectivity index (χ0n) is 8.47. The highest BCUT2D eigenvalue weighted by Gasteiger charge is 2.11. The average molecular weight is 171 g/mol. The Morgan fingerprint density at radius 1 is 1.50 bits per heavy atom. The smallest absolute Gasteiger partial charge is 0.0726 e. The SMILES string of the molecule is C=CCOC(CNCC)C(C)C. The zero-order valence-corrected chi connectivity index (χ0v) is 8.47. The molecule has 0 spiro atoms. The monoisotopic (exact) mass is 171 g/mol. The predicted molar refractivity (Wildman–Crippen MR) is 53.3 cm³/mol. The molecule has 0 saturated heterocycles. The van der Waals surface area contributed by atoms with Gasteiger partial charge in [0.25, 0.3) is 0 Å². The summed E-state index contributed by atoms with van der Waals surface area (Å²) in [5.74, 6) is 0.559. The Kier molecular flexibility index (Phi) is 7.11. The van der Waals surface area contributed by atoms with E-state index in [0.717, 1.165) is 13.1 Å². The summed E-state index contributed by atoms with van der Waals surface area (Å²) in [5, 5.41) is 3.28. The first-order chi connectivity index (χ1) is 5.72. The third-order valence-electron chi connectivity index (χ3n) is 1.77. The lowest BCUT2D eigenvalue weighted by atomic mass is 10.1. The highest BCUT2D eigenvalue weighted by atomic mass is 16.5. The van der Waals surface area contributed by atoms with E-state index in [1.165, 1.54) is 0 Å². The summed E-state index contributed by atoms with van der Waals surface area (Å²) in [6, 6.07) is 0. The van der Waals surface area contributed by atoms with E-state index in [1.807, 2.05) is 0 Å². The highest BCUT2D eigenvalue weighted by molar-refractivity contribution is 4.70. The molecular formula is C10H21NO. The number of hydrogen-bond donors (Lipinski definition) is 1. The van der Waals surface area contributed by atoms with E-state index in [2.05, 4.69) is 32.7 Å². The van der Waals surface area contributed by atoms with E-state index >= 15 is 0 Å². The van der Waals surface area contributed by atoms with Gasteiger partial charge in [-0.15, -0.1) is 6.58 Å². The van der Waals surface area contributed by atoms with Crippen LogP contribution in [0.1, 0.15) is 20.8 Å². The fraction of sp³-hybridized carbons (Fsp3) is 0.800. The van der Waals surface area contributed by atoms with Crippen LogP contribution in [-0.4, -0.2) is 25.8 Å². The highest BCUT2D eigenvalue weighted by Crippen LogP contribution is 2.05. The first-order valence-electron chi connectivity index (χ1n) is 4.65. The Bertz CT molecular complexity index is 112. The van der Waals surface area contributed by atoms with Gasteiger partial charge in [-0.05, 0) is 12.5 Å². The second-order valence-corrected chi connectivity index (χ2v) is 3.21. The van der Waals surface area contributed by atoms with Crippen LogP contribution in [0, 0.1) is 5.92 Å². The second-order valence-electron chi connectivity index (χ2n) is 3.21. The third-order valence-corrected chi connectivity index (χ3v) is 1.77. The van der Waals surface area contributed by atoms with Crippen LogP contribution in [0.2, 0.25) is 0 Å². The summed E-state index contributed by atoms with van der Waals surface area (Å²) >= 11 is 0. The summed E-state index contributed by atoms with van der Waals surface area (Å²) in [6.45, 7) is 12.7. The number of ether oxygens (including phenoxy) is 1. The lowest BCUT2D eigenvalue weighted by Crippen LogP contribution is -2.33. The summed E-state index contributed by atoms with van der Waals surface area (Å²) < 4.78 is 5.57. The minimum atomic E-state index is 0.308. The summed E-state index contributed by atoms with van der Waals surface area (Å²) in [4.78, 5) is 0. The first-order valence-corrected chi connectivity index (χ1v) is 4.65. The van der Waals surface area contributed by atoms with Crippen LogP contribution >= 0.6 is 0 Å². The Morgan fingerprint density at radius 2 is 2.17 bits per heavy atom. The molecule has 0 aliphatic carbocycles.